The molecule has 0 atom stereocenters. The molecule has 0 saturated carbocycles. The summed E-state index contributed by atoms with van der Waals surface area (Å²) in [6.07, 6.45) is 0.646. The highest BCUT2D eigenvalue weighted by molar-refractivity contribution is 8.93. The Balaban J connectivity index is 0.00000289. The number of hydrogen-bond donors (Lipinski definition) is 2. The molecule has 0 unspecified atom stereocenters. The molecule has 0 bridgehead atoms. The van der Waals surface area contributed by atoms with Gasteiger partial charge in [-0.15, -0.1) is 28.3 Å². The fourth-order valence-corrected chi connectivity index (χ4v) is 4.11. The van der Waals surface area contributed by atoms with Crippen LogP contribution < -0.4 is 25.8 Å². The molecule has 4 rings (SSSR count). The van der Waals surface area contributed by atoms with Crippen LogP contribution in [0.4, 0.5) is 10.8 Å². The number of thiazole rings is 1. The lowest BCUT2D eigenvalue weighted by atomic mass is 10.1. The number of carbonyl (C=O) groups excluding carboxylic acids is 1. The number of hydrogen-bond acceptors (Lipinski definition) is 6. The molecule has 0 saturated heterocycles. The lowest BCUT2D eigenvalue weighted by Crippen LogP contribution is -2.40. The van der Waals surface area contributed by atoms with Gasteiger partial charge in [0.25, 0.3) is 5.91 Å². The number of aliphatic imine (C=N–C) groups is 1. The van der Waals surface area contributed by atoms with E-state index in [0.29, 0.717) is 52.4 Å². The summed E-state index contributed by atoms with van der Waals surface area (Å²) in [5.41, 5.74) is 12.8. The molecule has 1 aliphatic heterocycles. The Morgan fingerprint density at radius 3 is 2.81 bits per heavy atom. The van der Waals surface area contributed by atoms with Crippen molar-refractivity contribution in [2.45, 2.75) is 6.42 Å². The normalized spacial score (nSPS) is 12.4. The van der Waals surface area contributed by atoms with Gasteiger partial charge in [-0.25, -0.2) is 4.98 Å². The Morgan fingerprint density at radius 1 is 1.28 bits per heavy atom. The summed E-state index contributed by atoms with van der Waals surface area (Å²) >= 11 is 7.66. The van der Waals surface area contributed by atoms with E-state index in [1.54, 1.807) is 17.0 Å². The lowest BCUT2D eigenvalue weighted by Gasteiger charge is -2.30. The van der Waals surface area contributed by atoms with E-state index in [1.165, 1.54) is 11.3 Å². The van der Waals surface area contributed by atoms with Gasteiger partial charge in [-0.1, -0.05) is 29.8 Å². The number of aromatic nitrogens is 1. The Labute approximate surface area is 204 Å². The summed E-state index contributed by atoms with van der Waals surface area (Å²) in [6.45, 7) is 0.884. The molecule has 3 aromatic rings. The predicted molar refractivity (Wildman–Crippen MR) is 133 cm³/mol. The lowest BCUT2D eigenvalue weighted by molar-refractivity contribution is -0.121. The largest absolute Gasteiger partial charge is 0.494 e. The van der Waals surface area contributed by atoms with Gasteiger partial charge in [0.15, 0.2) is 18.3 Å². The van der Waals surface area contributed by atoms with E-state index in [2.05, 4.69) is 9.98 Å². The first-order valence-electron chi connectivity index (χ1n) is 9.51. The van der Waals surface area contributed by atoms with Crippen molar-refractivity contribution in [3.8, 4) is 22.8 Å². The monoisotopic (exact) mass is 537 g/mol. The zero-order valence-corrected chi connectivity index (χ0v) is 20.1. The number of fused-ring (bicyclic) bond motifs is 1. The standard InChI is InChI=1S/C21H20ClN5O3S.BrH/c22-13-9-15(16-12-31-21(25-16)26-20(23)24)19-17(10-13)27(18(28)11-30-19)7-4-8-29-14-5-2-1-3-6-14;/h1-3,5-6,9-10,12H,4,7-8,11H2,(H4,23,24,25,26);1H. The van der Waals surface area contributed by atoms with E-state index < -0.39 is 0 Å². The first-order chi connectivity index (χ1) is 15.0. The highest BCUT2D eigenvalue weighted by atomic mass is 79.9. The molecule has 0 spiro atoms. The summed E-state index contributed by atoms with van der Waals surface area (Å²) in [4.78, 5) is 22.6. The van der Waals surface area contributed by atoms with E-state index in [9.17, 15) is 4.79 Å². The molecule has 1 amide bonds. The van der Waals surface area contributed by atoms with Crippen molar-refractivity contribution in [1.82, 2.24) is 4.98 Å². The SMILES string of the molecule is Br.NC(N)=Nc1nc(-c2cc(Cl)cc3c2OCC(=O)N3CCCOc2ccccc2)cs1. The quantitative estimate of drug-likeness (QED) is 0.265. The van der Waals surface area contributed by atoms with Crippen molar-refractivity contribution in [3.05, 3.63) is 52.9 Å². The molecule has 1 aliphatic rings. The van der Waals surface area contributed by atoms with Gasteiger partial charge in [0.1, 0.15) is 5.75 Å². The number of para-hydroxylation sites is 1. The number of rotatable bonds is 7. The van der Waals surface area contributed by atoms with Crippen molar-refractivity contribution < 1.29 is 14.3 Å². The van der Waals surface area contributed by atoms with Crippen LogP contribution >= 0.6 is 39.9 Å². The third-order valence-corrected chi connectivity index (χ3v) is 5.45. The van der Waals surface area contributed by atoms with Crippen molar-refractivity contribution in [2.75, 3.05) is 24.7 Å². The minimum absolute atomic E-state index is 0. The molecule has 1 aromatic heterocycles. The van der Waals surface area contributed by atoms with E-state index in [1.807, 2.05) is 35.7 Å². The van der Waals surface area contributed by atoms with Gasteiger partial charge in [-0.3, -0.25) is 4.79 Å². The van der Waals surface area contributed by atoms with E-state index in [0.717, 1.165) is 5.75 Å². The van der Waals surface area contributed by atoms with Crippen molar-refractivity contribution in [3.63, 3.8) is 0 Å². The molecule has 0 radical (unpaired) electrons. The first-order valence-corrected chi connectivity index (χ1v) is 10.8. The molecule has 168 valence electrons. The van der Waals surface area contributed by atoms with Crippen LogP contribution in [0.15, 0.2) is 52.8 Å². The minimum Gasteiger partial charge on any atom is -0.494 e. The molecule has 32 heavy (non-hydrogen) atoms. The average Bonchev–Trinajstić information content (AvgIpc) is 3.20. The van der Waals surface area contributed by atoms with E-state index in [4.69, 9.17) is 32.5 Å². The highest BCUT2D eigenvalue weighted by Crippen LogP contribution is 2.44. The van der Waals surface area contributed by atoms with Crippen LogP contribution in [0, 0.1) is 0 Å². The van der Waals surface area contributed by atoms with Crippen molar-refractivity contribution in [2.24, 2.45) is 16.5 Å². The average molecular weight is 539 g/mol. The number of anilines is 1. The summed E-state index contributed by atoms with van der Waals surface area (Å²) in [6, 6.07) is 13.0. The summed E-state index contributed by atoms with van der Waals surface area (Å²) < 4.78 is 11.5. The summed E-state index contributed by atoms with van der Waals surface area (Å²) in [5, 5.41) is 2.70. The van der Waals surface area contributed by atoms with Crippen LogP contribution in [0.25, 0.3) is 11.3 Å². The van der Waals surface area contributed by atoms with Gasteiger partial charge >= 0.3 is 0 Å². The van der Waals surface area contributed by atoms with Crippen LogP contribution in [0.1, 0.15) is 6.42 Å². The number of nitrogens with zero attached hydrogens (tertiary/aromatic N) is 3. The number of nitrogens with two attached hydrogens (primary N) is 2. The van der Waals surface area contributed by atoms with Crippen molar-refractivity contribution >= 4 is 62.6 Å². The smallest absolute Gasteiger partial charge is 0.265 e. The molecule has 4 N–H and O–H groups in total. The Hall–Kier alpha value is -2.82. The number of amides is 1. The van der Waals surface area contributed by atoms with Gasteiger partial charge in [-0.05, 0) is 30.7 Å². The second kappa shape index (κ2) is 10.7. The Kier molecular flexibility index (Phi) is 7.94. The number of carbonyl (C=O) groups is 1. The van der Waals surface area contributed by atoms with E-state index in [-0.39, 0.29) is 35.5 Å². The maximum atomic E-state index is 12.6. The summed E-state index contributed by atoms with van der Waals surface area (Å²) in [5.74, 6) is 1.14. The number of benzene rings is 2. The van der Waals surface area contributed by atoms with Crippen LogP contribution in [-0.4, -0.2) is 36.6 Å². The fraction of sp³-hybridized carbons (Fsp3) is 0.190. The number of halogens is 2. The number of guanidine groups is 1. The van der Waals surface area contributed by atoms with Crippen LogP contribution in [0.3, 0.4) is 0 Å². The third kappa shape index (κ3) is 5.50. The zero-order valence-electron chi connectivity index (χ0n) is 16.9. The molecule has 8 nitrogen and oxygen atoms in total. The van der Waals surface area contributed by atoms with Crippen LogP contribution in [0.5, 0.6) is 11.5 Å². The van der Waals surface area contributed by atoms with Gasteiger partial charge in [0.2, 0.25) is 5.13 Å². The zero-order chi connectivity index (χ0) is 21.8. The molecule has 0 aliphatic carbocycles. The highest BCUT2D eigenvalue weighted by Gasteiger charge is 2.29. The maximum absolute atomic E-state index is 12.6. The number of ether oxygens (including phenoxy) is 2. The molecule has 2 aromatic carbocycles. The molecule has 0 fully saturated rings. The van der Waals surface area contributed by atoms with Crippen LogP contribution in [0.2, 0.25) is 5.02 Å². The van der Waals surface area contributed by atoms with Crippen LogP contribution in [-0.2, 0) is 4.79 Å². The molecular formula is C21H21BrClN5O3S. The van der Waals surface area contributed by atoms with Gasteiger partial charge < -0.3 is 25.8 Å². The van der Waals surface area contributed by atoms with Gasteiger partial charge in [0.05, 0.1) is 18.0 Å². The van der Waals surface area contributed by atoms with E-state index >= 15 is 0 Å². The molecule has 11 heteroatoms. The minimum atomic E-state index is -0.139. The maximum Gasteiger partial charge on any atom is 0.265 e. The molecular weight excluding hydrogens is 518 g/mol. The Bertz CT molecular complexity index is 1120. The second-order valence-electron chi connectivity index (χ2n) is 6.70. The topological polar surface area (TPSA) is 116 Å². The molecule has 2 heterocycles. The van der Waals surface area contributed by atoms with Gasteiger partial charge in [0, 0.05) is 22.5 Å². The van der Waals surface area contributed by atoms with Crippen molar-refractivity contribution in [1.29, 1.82) is 0 Å². The summed E-state index contributed by atoms with van der Waals surface area (Å²) in [7, 11) is 0. The predicted octanol–water partition coefficient (Wildman–Crippen LogP) is 4.14. The Morgan fingerprint density at radius 2 is 2.06 bits per heavy atom. The third-order valence-electron chi connectivity index (χ3n) is 4.50. The second-order valence-corrected chi connectivity index (χ2v) is 7.98. The van der Waals surface area contributed by atoms with Gasteiger partial charge in [-0.2, -0.15) is 4.99 Å². The first kappa shape index (κ1) is 23.8. The fourth-order valence-electron chi connectivity index (χ4n) is 3.19.